The zero-order valence-electron chi connectivity index (χ0n) is 19.3. The highest BCUT2D eigenvalue weighted by atomic mass is 16.3. The average molecular weight is 401 g/mol. The van der Waals surface area contributed by atoms with Crippen LogP contribution in [0.5, 0.6) is 0 Å². The van der Waals surface area contributed by atoms with E-state index in [4.69, 9.17) is 0 Å². The van der Waals surface area contributed by atoms with Crippen LogP contribution in [0.3, 0.4) is 0 Å². The molecule has 0 spiro atoms. The predicted octanol–water partition coefficient (Wildman–Crippen LogP) is 8.19. The van der Waals surface area contributed by atoms with Gasteiger partial charge in [0, 0.05) is 11.5 Å². The number of aliphatic hydroxyl groups is 1. The van der Waals surface area contributed by atoms with Crippen LogP contribution in [0.1, 0.15) is 65.5 Å². The molecule has 1 heteroatoms. The molecule has 0 saturated carbocycles. The first-order valence-electron chi connectivity index (χ1n) is 10.7. The van der Waals surface area contributed by atoms with Crippen LogP contribution in [0.25, 0.3) is 0 Å². The minimum absolute atomic E-state index is 0.0682. The number of hydrogen-bond acceptors (Lipinski definition) is 1. The molecule has 2 aromatic rings. The number of benzene rings is 2. The van der Waals surface area contributed by atoms with E-state index in [1.54, 1.807) is 0 Å². The molecule has 0 heterocycles. The van der Waals surface area contributed by atoms with Crippen LogP contribution in [0.2, 0.25) is 0 Å². The van der Waals surface area contributed by atoms with E-state index in [0.717, 1.165) is 17.6 Å². The van der Waals surface area contributed by atoms with Crippen molar-refractivity contribution in [3.63, 3.8) is 0 Å². The van der Waals surface area contributed by atoms with Gasteiger partial charge in [-0.15, -0.1) is 6.58 Å². The summed E-state index contributed by atoms with van der Waals surface area (Å²) in [6.45, 7) is 22.6. The lowest BCUT2D eigenvalue weighted by Gasteiger charge is -2.23. The topological polar surface area (TPSA) is 20.2 Å². The van der Waals surface area contributed by atoms with Gasteiger partial charge in [0.1, 0.15) is 5.76 Å². The van der Waals surface area contributed by atoms with Gasteiger partial charge in [-0.2, -0.15) is 0 Å². The SMILES string of the molecule is C=CC(CC(=C)/C(=C\C)C(=C)O)c1cc(C)c(C)cc1CC(C)c1ccc(C)cc1. The number of aryl methyl sites for hydroxylation is 3. The zero-order valence-corrected chi connectivity index (χ0v) is 19.3. The molecule has 0 saturated heterocycles. The van der Waals surface area contributed by atoms with Crippen molar-refractivity contribution >= 4 is 0 Å². The van der Waals surface area contributed by atoms with E-state index < -0.39 is 0 Å². The van der Waals surface area contributed by atoms with E-state index >= 15 is 0 Å². The quantitative estimate of drug-likeness (QED) is 0.255. The summed E-state index contributed by atoms with van der Waals surface area (Å²) in [6, 6.07) is 13.5. The molecule has 1 N–H and O–H groups in total. The molecular formula is C29H36O. The molecule has 0 amide bonds. The summed E-state index contributed by atoms with van der Waals surface area (Å²) < 4.78 is 0. The molecule has 2 unspecified atom stereocenters. The molecule has 2 aromatic carbocycles. The molecule has 0 aliphatic rings. The van der Waals surface area contributed by atoms with Crippen molar-refractivity contribution < 1.29 is 5.11 Å². The van der Waals surface area contributed by atoms with Gasteiger partial charge >= 0.3 is 0 Å². The molecular weight excluding hydrogens is 364 g/mol. The molecule has 0 aromatic heterocycles. The molecule has 0 aliphatic carbocycles. The second-order valence-corrected chi connectivity index (χ2v) is 8.45. The van der Waals surface area contributed by atoms with Crippen molar-refractivity contribution in [1.82, 2.24) is 0 Å². The van der Waals surface area contributed by atoms with Gasteiger partial charge in [0.2, 0.25) is 0 Å². The van der Waals surface area contributed by atoms with E-state index in [1.807, 2.05) is 19.1 Å². The fraction of sp³-hybridized carbons (Fsp3) is 0.310. The third kappa shape index (κ3) is 5.63. The molecule has 0 bridgehead atoms. The Labute approximate surface area is 183 Å². The van der Waals surface area contributed by atoms with Crippen LogP contribution in [-0.2, 0) is 6.42 Å². The lowest BCUT2D eigenvalue weighted by Crippen LogP contribution is -2.08. The minimum atomic E-state index is 0.0682. The fourth-order valence-electron chi connectivity index (χ4n) is 4.03. The molecule has 2 atom stereocenters. The van der Waals surface area contributed by atoms with E-state index in [1.165, 1.54) is 33.4 Å². The molecule has 158 valence electrons. The normalized spacial score (nSPS) is 13.6. The Bertz CT molecular complexity index is 957. The number of aliphatic hydroxyl groups excluding tert-OH is 1. The molecule has 0 fully saturated rings. The summed E-state index contributed by atoms with van der Waals surface area (Å²) in [5, 5.41) is 9.89. The van der Waals surface area contributed by atoms with Crippen LogP contribution >= 0.6 is 0 Å². The average Bonchev–Trinajstić information content (AvgIpc) is 2.69. The second-order valence-electron chi connectivity index (χ2n) is 8.45. The van der Waals surface area contributed by atoms with Gasteiger partial charge in [0.25, 0.3) is 0 Å². The van der Waals surface area contributed by atoms with Gasteiger partial charge in [-0.1, -0.05) is 74.2 Å². The Morgan fingerprint density at radius 3 is 2.17 bits per heavy atom. The molecule has 0 radical (unpaired) electrons. The van der Waals surface area contributed by atoms with Gasteiger partial charge in [-0.3, -0.25) is 0 Å². The highest BCUT2D eigenvalue weighted by Crippen LogP contribution is 2.34. The van der Waals surface area contributed by atoms with Crippen molar-refractivity contribution in [2.24, 2.45) is 0 Å². The third-order valence-corrected chi connectivity index (χ3v) is 6.06. The van der Waals surface area contributed by atoms with Crippen molar-refractivity contribution in [2.75, 3.05) is 0 Å². The lowest BCUT2D eigenvalue weighted by molar-refractivity contribution is 0.427. The number of allylic oxidation sites excluding steroid dienone is 3. The molecule has 30 heavy (non-hydrogen) atoms. The molecule has 2 rings (SSSR count). The van der Waals surface area contributed by atoms with Crippen LogP contribution < -0.4 is 0 Å². The summed E-state index contributed by atoms with van der Waals surface area (Å²) in [5.41, 5.74) is 9.49. The summed E-state index contributed by atoms with van der Waals surface area (Å²) >= 11 is 0. The smallest absolute Gasteiger partial charge is 0.115 e. The maximum Gasteiger partial charge on any atom is 0.115 e. The monoisotopic (exact) mass is 400 g/mol. The van der Waals surface area contributed by atoms with Crippen molar-refractivity contribution in [1.29, 1.82) is 0 Å². The van der Waals surface area contributed by atoms with Gasteiger partial charge in [0.05, 0.1) is 0 Å². The van der Waals surface area contributed by atoms with Crippen LogP contribution in [0.15, 0.2) is 85.2 Å². The van der Waals surface area contributed by atoms with Gasteiger partial charge < -0.3 is 5.11 Å². The maximum absolute atomic E-state index is 9.89. The first-order valence-corrected chi connectivity index (χ1v) is 10.7. The lowest BCUT2D eigenvalue weighted by atomic mass is 9.82. The van der Waals surface area contributed by atoms with Crippen molar-refractivity contribution in [3.8, 4) is 0 Å². The van der Waals surface area contributed by atoms with Gasteiger partial charge in [-0.25, -0.2) is 0 Å². The first kappa shape index (κ1) is 23.5. The second kappa shape index (κ2) is 10.3. The highest BCUT2D eigenvalue weighted by Gasteiger charge is 2.19. The Morgan fingerprint density at radius 1 is 1.03 bits per heavy atom. The molecule has 1 nitrogen and oxygen atoms in total. The van der Waals surface area contributed by atoms with Crippen LogP contribution in [0, 0.1) is 20.8 Å². The summed E-state index contributed by atoms with van der Waals surface area (Å²) in [7, 11) is 0. The van der Waals surface area contributed by atoms with Crippen LogP contribution in [-0.4, -0.2) is 5.11 Å². The Kier molecular flexibility index (Phi) is 8.06. The Balaban J connectivity index is 2.39. The zero-order chi connectivity index (χ0) is 22.4. The van der Waals surface area contributed by atoms with Gasteiger partial charge in [0.15, 0.2) is 0 Å². The van der Waals surface area contributed by atoms with E-state index in [2.05, 4.69) is 83.8 Å². The van der Waals surface area contributed by atoms with E-state index in [-0.39, 0.29) is 11.7 Å². The Hall–Kier alpha value is -2.80. The van der Waals surface area contributed by atoms with E-state index in [9.17, 15) is 5.11 Å². The maximum atomic E-state index is 9.89. The van der Waals surface area contributed by atoms with Crippen molar-refractivity contribution in [3.05, 3.63) is 119 Å². The standard InChI is InChI=1S/C29H36O/c1-9-25(17-23(7)28(10-2)24(8)30)29-18-21(5)20(4)15-27(29)16-22(6)26-13-11-19(3)12-14-26/h9-15,18,22,25,30H,1,7-8,16-17H2,2-6H3/b28-10+. The van der Waals surface area contributed by atoms with E-state index in [0.29, 0.717) is 12.3 Å². The minimum Gasteiger partial charge on any atom is -0.508 e. The van der Waals surface area contributed by atoms with Crippen molar-refractivity contribution in [2.45, 2.75) is 59.3 Å². The van der Waals surface area contributed by atoms with Gasteiger partial charge in [-0.05, 0) is 79.8 Å². The Morgan fingerprint density at radius 2 is 1.63 bits per heavy atom. The number of hydrogen-bond donors (Lipinski definition) is 1. The predicted molar refractivity (Wildman–Crippen MR) is 131 cm³/mol. The van der Waals surface area contributed by atoms with Crippen LogP contribution in [0.4, 0.5) is 0 Å². The highest BCUT2D eigenvalue weighted by molar-refractivity contribution is 5.46. The summed E-state index contributed by atoms with van der Waals surface area (Å²) in [4.78, 5) is 0. The summed E-state index contributed by atoms with van der Waals surface area (Å²) in [6.07, 6.45) is 5.55. The molecule has 0 aliphatic heterocycles. The largest absolute Gasteiger partial charge is 0.508 e. The third-order valence-electron chi connectivity index (χ3n) is 6.06. The fourth-order valence-corrected chi connectivity index (χ4v) is 4.03. The summed E-state index contributed by atoms with van der Waals surface area (Å²) in [5.74, 6) is 0.619. The first-order chi connectivity index (χ1) is 14.2. The number of rotatable bonds is 9.